The summed E-state index contributed by atoms with van der Waals surface area (Å²) in [6.07, 6.45) is 0. The van der Waals surface area contributed by atoms with Crippen molar-refractivity contribution in [3.63, 3.8) is 0 Å². The third kappa shape index (κ3) is 5.80. The zero-order valence-corrected chi connectivity index (χ0v) is 14.9. The van der Waals surface area contributed by atoms with E-state index in [1.54, 1.807) is 30.3 Å². The molecule has 0 bridgehead atoms. The number of ether oxygens (including phenoxy) is 2. The van der Waals surface area contributed by atoms with Crippen molar-refractivity contribution in [3.8, 4) is 5.75 Å². The van der Waals surface area contributed by atoms with Gasteiger partial charge in [0.25, 0.3) is 5.91 Å². The van der Waals surface area contributed by atoms with Crippen molar-refractivity contribution in [1.29, 1.82) is 0 Å². The molecule has 0 aliphatic carbocycles. The lowest BCUT2D eigenvalue weighted by Gasteiger charge is -2.13. The normalized spacial score (nSPS) is 10.4. The van der Waals surface area contributed by atoms with Gasteiger partial charge in [0.1, 0.15) is 5.75 Å². The van der Waals surface area contributed by atoms with Crippen molar-refractivity contribution in [1.82, 2.24) is 0 Å². The number of carbonyl (C=O) groups excluding carboxylic acids is 2. The summed E-state index contributed by atoms with van der Waals surface area (Å²) in [5.74, 6) is -0.180. The smallest absolute Gasteiger partial charge is 0.344 e. The highest BCUT2D eigenvalue weighted by Crippen LogP contribution is 2.25. The van der Waals surface area contributed by atoms with Crippen LogP contribution in [-0.4, -0.2) is 25.1 Å². The molecule has 1 N–H and O–H groups in total. The standard InChI is InChI=1S/C19H20ClNO4/c1-13(2)14-7-3-6-10-17(14)24-12-19(23)25-11-18(22)21-16-9-5-4-8-15(16)20/h3-10,13H,11-12H2,1-2H3,(H,21,22). The molecule has 0 spiro atoms. The van der Waals surface area contributed by atoms with Gasteiger partial charge in [-0.25, -0.2) is 4.79 Å². The monoisotopic (exact) mass is 361 g/mol. The minimum atomic E-state index is -0.618. The first-order valence-corrected chi connectivity index (χ1v) is 8.27. The van der Waals surface area contributed by atoms with Crippen LogP contribution in [0.1, 0.15) is 25.3 Å². The van der Waals surface area contributed by atoms with Crippen LogP contribution < -0.4 is 10.1 Å². The number of anilines is 1. The Kier molecular flexibility index (Phi) is 6.83. The fourth-order valence-corrected chi connectivity index (χ4v) is 2.35. The summed E-state index contributed by atoms with van der Waals surface area (Å²) in [6, 6.07) is 14.3. The van der Waals surface area contributed by atoms with E-state index in [-0.39, 0.29) is 12.5 Å². The second kappa shape index (κ2) is 9.08. The number of amides is 1. The van der Waals surface area contributed by atoms with Crippen molar-refractivity contribution in [2.45, 2.75) is 19.8 Å². The van der Waals surface area contributed by atoms with Gasteiger partial charge in [-0.2, -0.15) is 0 Å². The van der Waals surface area contributed by atoms with Gasteiger partial charge >= 0.3 is 5.97 Å². The second-order valence-electron chi connectivity index (χ2n) is 5.67. The van der Waals surface area contributed by atoms with E-state index < -0.39 is 18.5 Å². The Morgan fingerprint density at radius 2 is 1.72 bits per heavy atom. The SMILES string of the molecule is CC(C)c1ccccc1OCC(=O)OCC(=O)Nc1ccccc1Cl. The molecule has 5 nitrogen and oxygen atoms in total. The highest BCUT2D eigenvalue weighted by atomic mass is 35.5. The second-order valence-corrected chi connectivity index (χ2v) is 6.08. The molecule has 0 radical (unpaired) electrons. The summed E-state index contributed by atoms with van der Waals surface area (Å²) in [7, 11) is 0. The summed E-state index contributed by atoms with van der Waals surface area (Å²) < 4.78 is 10.4. The first-order valence-electron chi connectivity index (χ1n) is 7.89. The Bertz CT molecular complexity index is 746. The lowest BCUT2D eigenvalue weighted by Crippen LogP contribution is -2.24. The van der Waals surface area contributed by atoms with Crippen molar-refractivity contribution >= 4 is 29.2 Å². The molecule has 0 aliphatic rings. The van der Waals surface area contributed by atoms with Crippen LogP contribution in [0.5, 0.6) is 5.75 Å². The van der Waals surface area contributed by atoms with Crippen LogP contribution in [0.3, 0.4) is 0 Å². The third-order valence-electron chi connectivity index (χ3n) is 3.40. The predicted octanol–water partition coefficient (Wildman–Crippen LogP) is 4.02. The van der Waals surface area contributed by atoms with E-state index in [0.717, 1.165) is 5.56 Å². The molecule has 2 aromatic rings. The number of halogens is 1. The molecule has 0 saturated carbocycles. The van der Waals surface area contributed by atoms with E-state index in [1.165, 1.54) is 0 Å². The van der Waals surface area contributed by atoms with Crippen LogP contribution in [0, 0.1) is 0 Å². The minimum Gasteiger partial charge on any atom is -0.482 e. The number of hydrogen-bond donors (Lipinski definition) is 1. The number of rotatable bonds is 7. The zero-order chi connectivity index (χ0) is 18.2. The largest absolute Gasteiger partial charge is 0.482 e. The van der Waals surface area contributed by atoms with Gasteiger partial charge in [-0.05, 0) is 29.7 Å². The van der Waals surface area contributed by atoms with Gasteiger partial charge in [-0.3, -0.25) is 4.79 Å². The molecule has 2 rings (SSSR count). The molecule has 25 heavy (non-hydrogen) atoms. The summed E-state index contributed by atoms with van der Waals surface area (Å²) in [4.78, 5) is 23.6. The number of hydrogen-bond acceptors (Lipinski definition) is 4. The molecule has 0 atom stereocenters. The quantitative estimate of drug-likeness (QED) is 0.756. The Balaban J connectivity index is 1.79. The van der Waals surface area contributed by atoms with Gasteiger partial charge in [-0.15, -0.1) is 0 Å². The maximum atomic E-state index is 11.8. The Hall–Kier alpha value is -2.53. The number of carbonyl (C=O) groups is 2. The Labute approximate surface area is 151 Å². The summed E-state index contributed by atoms with van der Waals surface area (Å²) >= 11 is 5.95. The molecule has 0 aromatic heterocycles. The first-order chi connectivity index (χ1) is 12.0. The molecule has 6 heteroatoms. The lowest BCUT2D eigenvalue weighted by molar-refractivity contribution is -0.149. The van der Waals surface area contributed by atoms with Gasteiger partial charge in [0.2, 0.25) is 0 Å². The van der Waals surface area contributed by atoms with Gasteiger partial charge < -0.3 is 14.8 Å². The van der Waals surface area contributed by atoms with E-state index in [2.05, 4.69) is 5.32 Å². The highest BCUT2D eigenvalue weighted by Gasteiger charge is 2.12. The van der Waals surface area contributed by atoms with Crippen LogP contribution in [0.2, 0.25) is 5.02 Å². The van der Waals surface area contributed by atoms with Gasteiger partial charge in [0.05, 0.1) is 10.7 Å². The molecule has 0 fully saturated rings. The van der Waals surface area contributed by atoms with Crippen LogP contribution in [0.4, 0.5) is 5.69 Å². The zero-order valence-electron chi connectivity index (χ0n) is 14.1. The van der Waals surface area contributed by atoms with E-state index in [0.29, 0.717) is 16.5 Å². The third-order valence-corrected chi connectivity index (χ3v) is 3.73. The number of esters is 1. The van der Waals surface area contributed by atoms with Crippen molar-refractivity contribution < 1.29 is 19.1 Å². The first kappa shape index (κ1) is 18.8. The average Bonchev–Trinajstić information content (AvgIpc) is 2.60. The predicted molar refractivity (Wildman–Crippen MR) is 97.1 cm³/mol. The molecular formula is C19H20ClNO4. The topological polar surface area (TPSA) is 64.6 Å². The Morgan fingerprint density at radius 1 is 1.04 bits per heavy atom. The van der Waals surface area contributed by atoms with Crippen LogP contribution in [0.25, 0.3) is 0 Å². The number of para-hydroxylation sites is 2. The molecule has 0 aliphatic heterocycles. The minimum absolute atomic E-state index is 0.261. The molecule has 2 aromatic carbocycles. The summed E-state index contributed by atoms with van der Waals surface area (Å²) in [6.45, 7) is 3.42. The maximum absolute atomic E-state index is 11.8. The van der Waals surface area contributed by atoms with Gasteiger partial charge in [0, 0.05) is 0 Å². The van der Waals surface area contributed by atoms with Crippen molar-refractivity contribution in [2.75, 3.05) is 18.5 Å². The fourth-order valence-electron chi connectivity index (χ4n) is 2.16. The van der Waals surface area contributed by atoms with Crippen LogP contribution in [-0.2, 0) is 14.3 Å². The van der Waals surface area contributed by atoms with E-state index in [9.17, 15) is 9.59 Å². The molecular weight excluding hydrogens is 342 g/mol. The summed E-state index contributed by atoms with van der Waals surface area (Å²) in [5.41, 5.74) is 1.47. The van der Waals surface area contributed by atoms with E-state index in [1.807, 2.05) is 32.0 Å². The van der Waals surface area contributed by atoms with Crippen molar-refractivity contribution in [2.24, 2.45) is 0 Å². The fraction of sp³-hybridized carbons (Fsp3) is 0.263. The molecule has 0 unspecified atom stereocenters. The van der Waals surface area contributed by atoms with Gasteiger partial charge in [-0.1, -0.05) is 55.8 Å². The maximum Gasteiger partial charge on any atom is 0.344 e. The van der Waals surface area contributed by atoms with Gasteiger partial charge in [0.15, 0.2) is 13.2 Å². The molecule has 0 heterocycles. The average molecular weight is 362 g/mol. The van der Waals surface area contributed by atoms with Crippen LogP contribution in [0.15, 0.2) is 48.5 Å². The van der Waals surface area contributed by atoms with E-state index in [4.69, 9.17) is 21.1 Å². The number of benzene rings is 2. The van der Waals surface area contributed by atoms with Crippen LogP contribution >= 0.6 is 11.6 Å². The molecule has 1 amide bonds. The molecule has 132 valence electrons. The number of nitrogens with one attached hydrogen (secondary N) is 1. The van der Waals surface area contributed by atoms with Crippen molar-refractivity contribution in [3.05, 3.63) is 59.1 Å². The Morgan fingerprint density at radius 3 is 2.44 bits per heavy atom. The van der Waals surface area contributed by atoms with E-state index >= 15 is 0 Å². The summed E-state index contributed by atoms with van der Waals surface area (Å²) in [5, 5.41) is 2.99. The molecule has 0 saturated heterocycles. The highest BCUT2D eigenvalue weighted by molar-refractivity contribution is 6.33. The lowest BCUT2D eigenvalue weighted by atomic mass is 10.0.